The first kappa shape index (κ1) is 14.2. The Morgan fingerprint density at radius 3 is 1.60 bits per heavy atom. The van der Waals surface area contributed by atoms with E-state index in [1.807, 2.05) is 36.4 Å². The zero-order valence-corrected chi connectivity index (χ0v) is 11.7. The Labute approximate surface area is 120 Å². The van der Waals surface area contributed by atoms with Gasteiger partial charge in [-0.2, -0.15) is 0 Å². The van der Waals surface area contributed by atoms with E-state index in [2.05, 4.69) is 25.3 Å². The lowest BCUT2D eigenvalue weighted by Crippen LogP contribution is -1.96. The molecule has 0 heterocycles. The number of rotatable bonds is 8. The van der Waals surface area contributed by atoms with Crippen molar-refractivity contribution in [1.82, 2.24) is 0 Å². The van der Waals surface area contributed by atoms with Gasteiger partial charge in [0.2, 0.25) is 0 Å². The molecule has 0 saturated heterocycles. The van der Waals surface area contributed by atoms with Gasteiger partial charge in [0.15, 0.2) is 0 Å². The number of benzene rings is 2. The molecule has 0 fully saturated rings. The molecule has 0 spiro atoms. The van der Waals surface area contributed by atoms with Crippen molar-refractivity contribution in [1.29, 1.82) is 0 Å². The van der Waals surface area contributed by atoms with Gasteiger partial charge in [-0.3, -0.25) is 0 Å². The molecule has 0 aliphatic rings. The van der Waals surface area contributed by atoms with E-state index in [0.29, 0.717) is 13.2 Å². The second-order valence-corrected chi connectivity index (χ2v) is 4.52. The molecule has 0 bridgehead atoms. The van der Waals surface area contributed by atoms with Crippen molar-refractivity contribution in [2.45, 2.75) is 12.8 Å². The van der Waals surface area contributed by atoms with Crippen LogP contribution >= 0.6 is 0 Å². The molecule has 104 valence electrons. The molecule has 2 nitrogen and oxygen atoms in total. The quantitative estimate of drug-likeness (QED) is 0.508. The van der Waals surface area contributed by atoms with Crippen molar-refractivity contribution in [3.8, 4) is 11.5 Å². The molecular formula is C18H20O2. The molecular weight excluding hydrogens is 248 g/mol. The zero-order chi connectivity index (χ0) is 14.2. The summed E-state index contributed by atoms with van der Waals surface area (Å²) in [4.78, 5) is 0. The van der Waals surface area contributed by atoms with Crippen LogP contribution in [0.15, 0.2) is 61.7 Å². The Morgan fingerprint density at radius 2 is 1.20 bits per heavy atom. The van der Waals surface area contributed by atoms with E-state index in [-0.39, 0.29) is 0 Å². The smallest absolute Gasteiger partial charge is 0.119 e. The van der Waals surface area contributed by atoms with E-state index in [4.69, 9.17) is 9.47 Å². The third-order valence-electron chi connectivity index (χ3n) is 2.96. The predicted molar refractivity (Wildman–Crippen MR) is 84.6 cm³/mol. The molecule has 2 aromatic carbocycles. The average Bonchev–Trinajstić information content (AvgIpc) is 2.48. The first-order valence-electron chi connectivity index (χ1n) is 6.84. The van der Waals surface area contributed by atoms with Gasteiger partial charge in [-0.05, 0) is 47.9 Å². The first-order chi connectivity index (χ1) is 9.83. The summed E-state index contributed by atoms with van der Waals surface area (Å²) in [6.45, 7) is 8.69. The van der Waals surface area contributed by atoms with E-state index in [1.165, 1.54) is 0 Å². The van der Waals surface area contributed by atoms with Crippen LogP contribution in [0.2, 0.25) is 0 Å². The van der Waals surface area contributed by atoms with Crippen molar-refractivity contribution >= 4 is 10.8 Å². The molecule has 0 atom stereocenters. The van der Waals surface area contributed by atoms with Gasteiger partial charge in [0, 0.05) is 0 Å². The second kappa shape index (κ2) is 7.39. The monoisotopic (exact) mass is 268 g/mol. The molecule has 0 aromatic heterocycles. The van der Waals surface area contributed by atoms with Gasteiger partial charge in [-0.25, -0.2) is 0 Å². The van der Waals surface area contributed by atoms with Gasteiger partial charge in [0.1, 0.15) is 11.5 Å². The Bertz CT molecular complexity index is 534. The highest BCUT2D eigenvalue weighted by Crippen LogP contribution is 2.25. The van der Waals surface area contributed by atoms with Crippen LogP contribution in [-0.4, -0.2) is 13.2 Å². The lowest BCUT2D eigenvalue weighted by molar-refractivity contribution is 0.324. The number of fused-ring (bicyclic) bond motifs is 1. The molecule has 0 aliphatic heterocycles. The van der Waals surface area contributed by atoms with Crippen LogP contribution in [0.4, 0.5) is 0 Å². The van der Waals surface area contributed by atoms with Crippen LogP contribution in [-0.2, 0) is 0 Å². The Morgan fingerprint density at radius 1 is 0.750 bits per heavy atom. The molecule has 2 aromatic rings. The molecule has 0 N–H and O–H groups in total. The molecule has 20 heavy (non-hydrogen) atoms. The molecule has 2 rings (SSSR count). The predicted octanol–water partition coefficient (Wildman–Crippen LogP) is 4.75. The minimum atomic E-state index is 0.664. The van der Waals surface area contributed by atoms with Gasteiger partial charge < -0.3 is 9.47 Å². The highest BCUT2D eigenvalue weighted by Gasteiger charge is 2.00. The van der Waals surface area contributed by atoms with Crippen LogP contribution in [0.3, 0.4) is 0 Å². The maximum atomic E-state index is 5.65. The summed E-state index contributed by atoms with van der Waals surface area (Å²) in [5.41, 5.74) is 0. The van der Waals surface area contributed by atoms with Crippen molar-refractivity contribution in [3.63, 3.8) is 0 Å². The summed E-state index contributed by atoms with van der Waals surface area (Å²) >= 11 is 0. The van der Waals surface area contributed by atoms with E-state index < -0.39 is 0 Å². The summed E-state index contributed by atoms with van der Waals surface area (Å²) in [6.07, 6.45) is 5.42. The fourth-order valence-corrected chi connectivity index (χ4v) is 1.90. The first-order valence-corrected chi connectivity index (χ1v) is 6.84. The lowest BCUT2D eigenvalue weighted by atomic mass is 10.1. The second-order valence-electron chi connectivity index (χ2n) is 4.52. The van der Waals surface area contributed by atoms with Gasteiger partial charge >= 0.3 is 0 Å². The topological polar surface area (TPSA) is 18.5 Å². The van der Waals surface area contributed by atoms with E-state index in [9.17, 15) is 0 Å². The van der Waals surface area contributed by atoms with Gasteiger partial charge in [0.05, 0.1) is 13.2 Å². The minimum absolute atomic E-state index is 0.664. The molecule has 0 radical (unpaired) electrons. The molecule has 0 aliphatic carbocycles. The zero-order valence-electron chi connectivity index (χ0n) is 11.7. The van der Waals surface area contributed by atoms with Crippen molar-refractivity contribution < 1.29 is 9.47 Å². The van der Waals surface area contributed by atoms with Crippen molar-refractivity contribution in [2.75, 3.05) is 13.2 Å². The van der Waals surface area contributed by atoms with Crippen LogP contribution in [0.5, 0.6) is 11.5 Å². The highest BCUT2D eigenvalue weighted by atomic mass is 16.5. The molecule has 0 amide bonds. The fourth-order valence-electron chi connectivity index (χ4n) is 1.90. The standard InChI is InChI=1S/C18H20O2/c1-3-5-11-19-17-9-7-16-14-18(20-12-6-4-2)10-8-15(16)13-17/h3-4,7-10,13-14H,1-2,5-6,11-12H2. The summed E-state index contributed by atoms with van der Waals surface area (Å²) < 4.78 is 11.3. The van der Waals surface area contributed by atoms with Crippen LogP contribution in [0, 0.1) is 0 Å². The molecule has 0 unspecified atom stereocenters. The van der Waals surface area contributed by atoms with E-state index in [1.54, 1.807) is 0 Å². The number of hydrogen-bond donors (Lipinski definition) is 0. The van der Waals surface area contributed by atoms with Gasteiger partial charge in [0.25, 0.3) is 0 Å². The van der Waals surface area contributed by atoms with Gasteiger partial charge in [-0.15, -0.1) is 13.2 Å². The minimum Gasteiger partial charge on any atom is -0.493 e. The third kappa shape index (κ3) is 3.89. The number of hydrogen-bond acceptors (Lipinski definition) is 2. The largest absolute Gasteiger partial charge is 0.493 e. The summed E-state index contributed by atoms with van der Waals surface area (Å²) in [5.74, 6) is 1.78. The van der Waals surface area contributed by atoms with E-state index >= 15 is 0 Å². The summed E-state index contributed by atoms with van der Waals surface area (Å²) in [7, 11) is 0. The maximum Gasteiger partial charge on any atom is 0.119 e. The maximum absolute atomic E-state index is 5.65. The average molecular weight is 268 g/mol. The summed E-state index contributed by atoms with van der Waals surface area (Å²) in [6, 6.07) is 12.2. The van der Waals surface area contributed by atoms with Crippen molar-refractivity contribution in [2.24, 2.45) is 0 Å². The Kier molecular flexibility index (Phi) is 5.24. The molecule has 0 saturated carbocycles. The lowest BCUT2D eigenvalue weighted by Gasteiger charge is -2.08. The van der Waals surface area contributed by atoms with Crippen LogP contribution in [0.1, 0.15) is 12.8 Å². The Hall–Kier alpha value is -2.22. The normalized spacial score (nSPS) is 10.2. The molecule has 2 heteroatoms. The fraction of sp³-hybridized carbons (Fsp3) is 0.222. The van der Waals surface area contributed by atoms with Crippen LogP contribution < -0.4 is 9.47 Å². The Balaban J connectivity index is 2.08. The van der Waals surface area contributed by atoms with Crippen molar-refractivity contribution in [3.05, 3.63) is 61.7 Å². The van der Waals surface area contributed by atoms with Crippen LogP contribution in [0.25, 0.3) is 10.8 Å². The third-order valence-corrected chi connectivity index (χ3v) is 2.96. The summed E-state index contributed by atoms with van der Waals surface area (Å²) in [5, 5.41) is 2.30. The van der Waals surface area contributed by atoms with E-state index in [0.717, 1.165) is 35.1 Å². The highest BCUT2D eigenvalue weighted by molar-refractivity contribution is 5.85. The SMILES string of the molecule is C=CCCOc1ccc2cc(OCCC=C)ccc2c1. The number of ether oxygens (including phenoxy) is 2. The van der Waals surface area contributed by atoms with Gasteiger partial charge in [-0.1, -0.05) is 24.3 Å².